The molecule has 0 radical (unpaired) electrons. The van der Waals surface area contributed by atoms with E-state index in [1.807, 2.05) is 6.92 Å². The van der Waals surface area contributed by atoms with Gasteiger partial charge in [0.25, 0.3) is 0 Å². The summed E-state index contributed by atoms with van der Waals surface area (Å²) in [7, 11) is 1.64. The fraction of sp³-hybridized carbons (Fsp3) is 0.455. The van der Waals surface area contributed by atoms with Gasteiger partial charge in [-0.2, -0.15) is 0 Å². The molecule has 3 nitrogen and oxygen atoms in total. The standard InChI is InChI=1S/C11H16FNO2/c1-8(5-6-14-2)15-11-4-3-9(12)7-10(11)13/h3-4,7-8H,5-6,13H2,1-2H3. The van der Waals surface area contributed by atoms with Gasteiger partial charge in [0.1, 0.15) is 11.6 Å². The highest BCUT2D eigenvalue weighted by Gasteiger charge is 2.07. The number of methoxy groups -OCH3 is 1. The molecule has 15 heavy (non-hydrogen) atoms. The van der Waals surface area contributed by atoms with Gasteiger partial charge in [-0.15, -0.1) is 0 Å². The molecule has 2 N–H and O–H groups in total. The third-order valence-corrected chi connectivity index (χ3v) is 2.03. The van der Waals surface area contributed by atoms with E-state index in [9.17, 15) is 4.39 Å². The molecule has 84 valence electrons. The molecule has 0 saturated heterocycles. The van der Waals surface area contributed by atoms with Gasteiger partial charge in [-0.1, -0.05) is 0 Å². The molecule has 0 aliphatic heterocycles. The molecule has 0 heterocycles. The molecule has 1 aromatic carbocycles. The number of hydrogen-bond donors (Lipinski definition) is 1. The monoisotopic (exact) mass is 213 g/mol. The van der Waals surface area contributed by atoms with Gasteiger partial charge >= 0.3 is 0 Å². The minimum Gasteiger partial charge on any atom is -0.488 e. The Hall–Kier alpha value is -1.29. The van der Waals surface area contributed by atoms with Crippen molar-refractivity contribution < 1.29 is 13.9 Å². The van der Waals surface area contributed by atoms with Crippen LogP contribution in [0.5, 0.6) is 5.75 Å². The van der Waals surface area contributed by atoms with Crippen LogP contribution in [0.25, 0.3) is 0 Å². The van der Waals surface area contributed by atoms with E-state index < -0.39 is 0 Å². The summed E-state index contributed by atoms with van der Waals surface area (Å²) in [6, 6.07) is 4.11. The first-order chi connectivity index (χ1) is 7.13. The third-order valence-electron chi connectivity index (χ3n) is 2.03. The van der Waals surface area contributed by atoms with Gasteiger partial charge in [-0.3, -0.25) is 0 Å². The topological polar surface area (TPSA) is 44.5 Å². The van der Waals surface area contributed by atoms with E-state index >= 15 is 0 Å². The summed E-state index contributed by atoms with van der Waals surface area (Å²) in [6.45, 7) is 2.55. The second kappa shape index (κ2) is 5.56. The predicted molar refractivity (Wildman–Crippen MR) is 57.4 cm³/mol. The molecule has 0 saturated carbocycles. The van der Waals surface area contributed by atoms with Crippen molar-refractivity contribution in [3.63, 3.8) is 0 Å². The lowest BCUT2D eigenvalue weighted by Gasteiger charge is -2.15. The summed E-state index contributed by atoms with van der Waals surface area (Å²) in [5.41, 5.74) is 5.92. The molecule has 4 heteroatoms. The van der Waals surface area contributed by atoms with E-state index in [-0.39, 0.29) is 11.9 Å². The van der Waals surface area contributed by atoms with E-state index in [1.54, 1.807) is 7.11 Å². The number of benzene rings is 1. The molecule has 1 rings (SSSR count). The van der Waals surface area contributed by atoms with E-state index in [0.717, 1.165) is 6.42 Å². The number of nitrogen functional groups attached to an aromatic ring is 1. The van der Waals surface area contributed by atoms with Crippen molar-refractivity contribution in [2.75, 3.05) is 19.5 Å². The van der Waals surface area contributed by atoms with E-state index in [2.05, 4.69) is 0 Å². The Morgan fingerprint density at radius 3 is 2.80 bits per heavy atom. The van der Waals surface area contributed by atoms with Crippen LogP contribution in [0.15, 0.2) is 18.2 Å². The van der Waals surface area contributed by atoms with Gasteiger partial charge < -0.3 is 15.2 Å². The maximum Gasteiger partial charge on any atom is 0.142 e. The lowest BCUT2D eigenvalue weighted by molar-refractivity contribution is 0.135. The van der Waals surface area contributed by atoms with Crippen molar-refractivity contribution in [2.24, 2.45) is 0 Å². The van der Waals surface area contributed by atoms with Crippen LogP contribution in [0.2, 0.25) is 0 Å². The third kappa shape index (κ3) is 3.75. The number of rotatable bonds is 5. The Morgan fingerprint density at radius 1 is 1.47 bits per heavy atom. The molecule has 0 aliphatic rings. The second-order valence-corrected chi connectivity index (χ2v) is 3.39. The summed E-state index contributed by atoms with van der Waals surface area (Å²) in [5, 5.41) is 0. The second-order valence-electron chi connectivity index (χ2n) is 3.39. The van der Waals surface area contributed by atoms with Crippen LogP contribution < -0.4 is 10.5 Å². The summed E-state index contributed by atoms with van der Waals surface area (Å²) in [6.07, 6.45) is 0.769. The van der Waals surface area contributed by atoms with Crippen molar-refractivity contribution in [3.05, 3.63) is 24.0 Å². The normalized spacial score (nSPS) is 12.5. The van der Waals surface area contributed by atoms with Crippen molar-refractivity contribution in [1.82, 2.24) is 0 Å². The Bertz CT molecular complexity index is 317. The summed E-state index contributed by atoms with van der Waals surface area (Å²) in [5.74, 6) is 0.157. The molecule has 0 spiro atoms. The first-order valence-electron chi connectivity index (χ1n) is 4.84. The fourth-order valence-corrected chi connectivity index (χ4v) is 1.19. The summed E-state index contributed by atoms with van der Waals surface area (Å²) >= 11 is 0. The lowest BCUT2D eigenvalue weighted by Crippen LogP contribution is -2.15. The molecule has 0 aromatic heterocycles. The van der Waals surface area contributed by atoms with Crippen molar-refractivity contribution in [3.8, 4) is 5.75 Å². The average Bonchev–Trinajstić information content (AvgIpc) is 2.19. The SMILES string of the molecule is COCCC(C)Oc1ccc(F)cc1N. The van der Waals surface area contributed by atoms with Crippen LogP contribution >= 0.6 is 0 Å². The average molecular weight is 213 g/mol. The van der Waals surface area contributed by atoms with Gasteiger partial charge in [0.2, 0.25) is 0 Å². The van der Waals surface area contributed by atoms with Crippen molar-refractivity contribution >= 4 is 5.69 Å². The predicted octanol–water partition coefficient (Wildman–Crippen LogP) is 2.21. The van der Waals surface area contributed by atoms with Gasteiger partial charge in [-0.05, 0) is 19.1 Å². The minimum absolute atomic E-state index is 0.00212. The van der Waals surface area contributed by atoms with Crippen molar-refractivity contribution in [1.29, 1.82) is 0 Å². The first kappa shape index (κ1) is 11.8. The maximum atomic E-state index is 12.7. The minimum atomic E-state index is -0.357. The molecular weight excluding hydrogens is 197 g/mol. The number of nitrogens with two attached hydrogens (primary N) is 1. The van der Waals surface area contributed by atoms with Gasteiger partial charge in [0.05, 0.1) is 11.8 Å². The number of ether oxygens (including phenoxy) is 2. The first-order valence-corrected chi connectivity index (χ1v) is 4.84. The highest BCUT2D eigenvalue weighted by molar-refractivity contribution is 5.52. The molecule has 0 fully saturated rings. The quantitative estimate of drug-likeness (QED) is 0.763. The van der Waals surface area contributed by atoms with E-state index in [0.29, 0.717) is 18.0 Å². The molecule has 0 aliphatic carbocycles. The number of hydrogen-bond acceptors (Lipinski definition) is 3. The van der Waals surface area contributed by atoms with Gasteiger partial charge in [0, 0.05) is 26.2 Å². The molecule has 1 aromatic rings. The Morgan fingerprint density at radius 2 is 2.20 bits per heavy atom. The van der Waals surface area contributed by atoms with Gasteiger partial charge in [0.15, 0.2) is 0 Å². The van der Waals surface area contributed by atoms with Crippen LogP contribution in [-0.4, -0.2) is 19.8 Å². The molecule has 1 atom stereocenters. The van der Waals surface area contributed by atoms with E-state index in [1.165, 1.54) is 18.2 Å². The molecular formula is C11H16FNO2. The molecule has 0 bridgehead atoms. The van der Waals surface area contributed by atoms with E-state index in [4.69, 9.17) is 15.2 Å². The Balaban J connectivity index is 2.56. The smallest absolute Gasteiger partial charge is 0.142 e. The number of anilines is 1. The largest absolute Gasteiger partial charge is 0.488 e. The zero-order chi connectivity index (χ0) is 11.3. The maximum absolute atomic E-state index is 12.7. The Labute approximate surface area is 89.0 Å². The Kier molecular flexibility index (Phi) is 4.37. The lowest BCUT2D eigenvalue weighted by atomic mass is 10.2. The van der Waals surface area contributed by atoms with Crippen LogP contribution in [0.1, 0.15) is 13.3 Å². The van der Waals surface area contributed by atoms with Gasteiger partial charge in [-0.25, -0.2) is 4.39 Å². The highest BCUT2D eigenvalue weighted by atomic mass is 19.1. The van der Waals surface area contributed by atoms with Crippen molar-refractivity contribution in [2.45, 2.75) is 19.4 Å². The number of halogens is 1. The van der Waals surface area contributed by atoms with Crippen LogP contribution in [-0.2, 0) is 4.74 Å². The molecule has 0 amide bonds. The molecule has 1 unspecified atom stereocenters. The van der Waals surface area contributed by atoms with Crippen LogP contribution in [0, 0.1) is 5.82 Å². The van der Waals surface area contributed by atoms with Crippen LogP contribution in [0.4, 0.5) is 10.1 Å². The zero-order valence-corrected chi connectivity index (χ0v) is 9.00. The summed E-state index contributed by atoms with van der Waals surface area (Å²) < 4.78 is 23.2. The zero-order valence-electron chi connectivity index (χ0n) is 9.00. The fourth-order valence-electron chi connectivity index (χ4n) is 1.19. The van der Waals surface area contributed by atoms with Crippen LogP contribution in [0.3, 0.4) is 0 Å². The summed E-state index contributed by atoms with van der Waals surface area (Å²) in [4.78, 5) is 0. The highest BCUT2D eigenvalue weighted by Crippen LogP contribution is 2.23.